The Morgan fingerprint density at radius 1 is 1.21 bits per heavy atom. The molecule has 8 heteroatoms. The number of methoxy groups -OCH3 is 1. The lowest BCUT2D eigenvalue weighted by atomic mass is 10.1. The molecule has 4 aromatic rings. The minimum Gasteiger partial charge on any atom is -0.480 e. The normalized spacial score (nSPS) is 15.8. The van der Waals surface area contributed by atoms with E-state index in [1.807, 2.05) is 52.9 Å². The molecule has 34 heavy (non-hydrogen) atoms. The molecule has 4 heterocycles. The number of rotatable bonds is 5. The molecule has 8 nitrogen and oxygen atoms in total. The quantitative estimate of drug-likeness (QED) is 0.421. The zero-order valence-electron chi connectivity index (χ0n) is 19.2. The number of aromatic nitrogens is 4. The average molecular weight is 456 g/mol. The van der Waals surface area contributed by atoms with Crippen molar-refractivity contribution in [3.63, 3.8) is 0 Å². The Labute approximate surface area is 196 Å². The Bertz CT molecular complexity index is 1420. The number of carbonyl (C=O) groups is 1. The molecule has 1 aliphatic carbocycles. The van der Waals surface area contributed by atoms with E-state index in [0.29, 0.717) is 31.3 Å². The van der Waals surface area contributed by atoms with Crippen LogP contribution in [0, 0.1) is 0 Å². The molecule has 2 aliphatic rings. The van der Waals surface area contributed by atoms with E-state index in [4.69, 9.17) is 9.15 Å². The van der Waals surface area contributed by atoms with Crippen molar-refractivity contribution in [3.05, 3.63) is 65.6 Å². The number of hydrogen-bond acceptors (Lipinski definition) is 6. The lowest BCUT2D eigenvalue weighted by molar-refractivity contribution is -0.126. The van der Waals surface area contributed by atoms with Gasteiger partial charge in [-0.3, -0.25) is 4.79 Å². The van der Waals surface area contributed by atoms with Crippen LogP contribution in [0.4, 0.5) is 0 Å². The van der Waals surface area contributed by atoms with E-state index >= 15 is 0 Å². The molecule has 0 unspecified atom stereocenters. The van der Waals surface area contributed by atoms with Crippen LogP contribution in [0.5, 0.6) is 5.88 Å². The van der Waals surface area contributed by atoms with Gasteiger partial charge >= 0.3 is 0 Å². The van der Waals surface area contributed by atoms with Crippen LogP contribution < -0.4 is 4.74 Å². The Kier molecular flexibility index (Phi) is 4.94. The summed E-state index contributed by atoms with van der Waals surface area (Å²) in [5.74, 6) is 2.65. The summed E-state index contributed by atoms with van der Waals surface area (Å²) in [5, 5.41) is 0.780. The smallest absolute Gasteiger partial charge is 0.246 e. The molecule has 1 fully saturated rings. The fraction of sp³-hybridized carbons (Fsp3) is 0.308. The highest BCUT2D eigenvalue weighted by atomic mass is 16.5. The number of nitrogens with zero attached hydrogens (tertiary/aromatic N) is 5. The van der Waals surface area contributed by atoms with Gasteiger partial charge in [0.25, 0.3) is 0 Å². The van der Waals surface area contributed by atoms with Crippen molar-refractivity contribution in [1.82, 2.24) is 24.4 Å². The number of benzene rings is 1. The third-order valence-electron chi connectivity index (χ3n) is 6.59. The molecule has 3 aromatic heterocycles. The topological polar surface area (TPSA) is 86.3 Å². The molecule has 0 spiro atoms. The Morgan fingerprint density at radius 3 is 2.79 bits per heavy atom. The fourth-order valence-electron chi connectivity index (χ4n) is 4.69. The maximum absolute atomic E-state index is 13.2. The molecule has 1 amide bonds. The van der Waals surface area contributed by atoms with Crippen LogP contribution in [0.3, 0.4) is 0 Å². The van der Waals surface area contributed by atoms with Crippen molar-refractivity contribution in [2.24, 2.45) is 7.05 Å². The highest BCUT2D eigenvalue weighted by Gasteiger charge is 2.32. The summed E-state index contributed by atoms with van der Waals surface area (Å²) in [7, 11) is 3.55. The van der Waals surface area contributed by atoms with Gasteiger partial charge in [0.2, 0.25) is 11.8 Å². The first-order valence-corrected chi connectivity index (χ1v) is 11.5. The predicted molar refractivity (Wildman–Crippen MR) is 127 cm³/mol. The molecule has 0 bridgehead atoms. The number of aryl methyl sites for hydroxylation is 1. The number of ether oxygens (including phenoxy) is 1. The van der Waals surface area contributed by atoms with Gasteiger partial charge in [-0.15, -0.1) is 0 Å². The minimum absolute atomic E-state index is 0.0616. The predicted octanol–water partition coefficient (Wildman–Crippen LogP) is 4.11. The van der Waals surface area contributed by atoms with Crippen LogP contribution in [-0.2, 0) is 24.8 Å². The van der Waals surface area contributed by atoms with E-state index in [1.54, 1.807) is 13.2 Å². The lowest BCUT2D eigenvalue weighted by Gasteiger charge is -2.24. The molecule has 0 N–H and O–H groups in total. The van der Waals surface area contributed by atoms with Gasteiger partial charge in [-0.25, -0.2) is 15.0 Å². The van der Waals surface area contributed by atoms with Crippen molar-refractivity contribution in [1.29, 1.82) is 0 Å². The summed E-state index contributed by atoms with van der Waals surface area (Å²) >= 11 is 0. The van der Waals surface area contributed by atoms with Crippen molar-refractivity contribution in [2.75, 3.05) is 13.7 Å². The number of fused-ring (bicyclic) bond motifs is 2. The van der Waals surface area contributed by atoms with Crippen LogP contribution in [0.1, 0.15) is 41.7 Å². The van der Waals surface area contributed by atoms with Gasteiger partial charge in [0.1, 0.15) is 23.4 Å². The highest BCUT2D eigenvalue weighted by Crippen LogP contribution is 2.41. The van der Waals surface area contributed by atoms with E-state index < -0.39 is 0 Å². The summed E-state index contributed by atoms with van der Waals surface area (Å²) in [6, 6.07) is 10.1. The van der Waals surface area contributed by atoms with E-state index in [-0.39, 0.29) is 5.91 Å². The molecule has 1 aliphatic heterocycles. The number of carbonyl (C=O) groups excluding carboxylic acids is 1. The molecule has 172 valence electrons. The second-order valence-electron chi connectivity index (χ2n) is 8.81. The largest absolute Gasteiger partial charge is 0.480 e. The second kappa shape index (κ2) is 8.13. The van der Waals surface area contributed by atoms with Crippen LogP contribution >= 0.6 is 0 Å². The maximum atomic E-state index is 13.2. The number of amides is 1. The Balaban J connectivity index is 1.36. The SMILES string of the molecule is COc1ncnc2c1c(/C=C/C(=O)N1CCc3oc(C4CC4)nc3C1)c(-c1ccccc1)n2C. The zero-order valence-corrected chi connectivity index (χ0v) is 19.2. The molecular weight excluding hydrogens is 430 g/mol. The van der Waals surface area contributed by atoms with Crippen molar-refractivity contribution < 1.29 is 13.9 Å². The number of hydrogen-bond donors (Lipinski definition) is 0. The first kappa shape index (κ1) is 20.7. The standard InChI is InChI=1S/C26H25N5O3/c1-30-23(16-6-4-3-5-7-16)18(22-24(30)27-15-28-26(22)33-2)10-11-21(32)31-13-12-20-19(14-31)29-25(34-20)17-8-9-17/h3-7,10-11,15,17H,8-9,12-14H2,1-2H3/b11-10+. The van der Waals surface area contributed by atoms with Gasteiger partial charge in [0.05, 0.1) is 24.7 Å². The maximum Gasteiger partial charge on any atom is 0.246 e. The van der Waals surface area contributed by atoms with Gasteiger partial charge < -0.3 is 18.6 Å². The van der Waals surface area contributed by atoms with E-state index in [0.717, 1.165) is 58.0 Å². The van der Waals surface area contributed by atoms with Crippen molar-refractivity contribution >= 4 is 23.0 Å². The first-order chi connectivity index (χ1) is 16.6. The van der Waals surface area contributed by atoms with Crippen LogP contribution in [0.2, 0.25) is 0 Å². The molecule has 6 rings (SSSR count). The third kappa shape index (κ3) is 3.46. The molecular formula is C26H25N5O3. The van der Waals surface area contributed by atoms with Crippen LogP contribution in [-0.4, -0.2) is 44.0 Å². The summed E-state index contributed by atoms with van der Waals surface area (Å²) in [5.41, 5.74) is 4.46. The zero-order chi connectivity index (χ0) is 23.2. The van der Waals surface area contributed by atoms with Gasteiger partial charge in [0.15, 0.2) is 5.89 Å². The van der Waals surface area contributed by atoms with Gasteiger partial charge in [-0.05, 0) is 24.5 Å². The summed E-state index contributed by atoms with van der Waals surface area (Å²) in [4.78, 5) is 28.5. The van der Waals surface area contributed by atoms with Crippen LogP contribution in [0.25, 0.3) is 28.4 Å². The molecule has 0 atom stereocenters. The van der Waals surface area contributed by atoms with Gasteiger partial charge in [-0.2, -0.15) is 0 Å². The Morgan fingerprint density at radius 2 is 2.03 bits per heavy atom. The second-order valence-corrected chi connectivity index (χ2v) is 8.81. The minimum atomic E-state index is -0.0616. The molecule has 1 aromatic carbocycles. The lowest BCUT2D eigenvalue weighted by Crippen LogP contribution is -2.34. The van der Waals surface area contributed by atoms with Crippen LogP contribution in [0.15, 0.2) is 47.2 Å². The molecule has 0 saturated heterocycles. The third-order valence-corrected chi connectivity index (χ3v) is 6.59. The summed E-state index contributed by atoms with van der Waals surface area (Å²) in [6.07, 6.45) is 7.96. The fourth-order valence-corrected chi connectivity index (χ4v) is 4.69. The molecule has 0 radical (unpaired) electrons. The average Bonchev–Trinajstić information content (AvgIpc) is 3.57. The van der Waals surface area contributed by atoms with E-state index in [1.165, 1.54) is 6.33 Å². The van der Waals surface area contributed by atoms with Gasteiger partial charge in [0, 0.05) is 37.6 Å². The van der Waals surface area contributed by atoms with Crippen molar-refractivity contribution in [3.8, 4) is 17.1 Å². The van der Waals surface area contributed by atoms with Gasteiger partial charge in [-0.1, -0.05) is 30.3 Å². The summed E-state index contributed by atoms with van der Waals surface area (Å²) in [6.45, 7) is 1.09. The highest BCUT2D eigenvalue weighted by molar-refractivity contribution is 6.02. The monoisotopic (exact) mass is 455 g/mol. The Hall–Kier alpha value is -3.94. The van der Waals surface area contributed by atoms with Crippen molar-refractivity contribution in [2.45, 2.75) is 31.7 Å². The van der Waals surface area contributed by atoms with E-state index in [9.17, 15) is 4.79 Å². The first-order valence-electron chi connectivity index (χ1n) is 11.5. The summed E-state index contributed by atoms with van der Waals surface area (Å²) < 4.78 is 13.5. The number of oxazole rings is 1. The molecule has 1 saturated carbocycles. The van der Waals surface area contributed by atoms with E-state index in [2.05, 4.69) is 15.0 Å².